The third kappa shape index (κ3) is 2.51. The van der Waals surface area contributed by atoms with Crippen LogP contribution in [0.4, 0.5) is 0 Å². The van der Waals surface area contributed by atoms with Crippen molar-refractivity contribution in [1.82, 2.24) is 4.90 Å². The summed E-state index contributed by atoms with van der Waals surface area (Å²) < 4.78 is 0. The van der Waals surface area contributed by atoms with Gasteiger partial charge in [-0.3, -0.25) is 4.79 Å². The highest BCUT2D eigenvalue weighted by Gasteiger charge is 2.45. The fourth-order valence-corrected chi connectivity index (χ4v) is 2.24. The molecule has 0 radical (unpaired) electrons. The summed E-state index contributed by atoms with van der Waals surface area (Å²) in [6, 6.07) is 0.333. The minimum Gasteiger partial charge on any atom is -0.341 e. The van der Waals surface area contributed by atoms with Gasteiger partial charge in [-0.25, -0.2) is 0 Å². The van der Waals surface area contributed by atoms with Crippen LogP contribution in [-0.2, 0) is 4.79 Å². The molecule has 88 valence electrons. The Bertz CT molecular complexity index is 230. The molecule has 3 heteroatoms. The van der Waals surface area contributed by atoms with Gasteiger partial charge in [0.1, 0.15) is 0 Å². The van der Waals surface area contributed by atoms with Crippen LogP contribution in [0.1, 0.15) is 46.5 Å². The lowest BCUT2D eigenvalue weighted by Crippen LogP contribution is -2.56. The van der Waals surface area contributed by atoms with E-state index in [1.54, 1.807) is 0 Å². The van der Waals surface area contributed by atoms with Gasteiger partial charge < -0.3 is 10.6 Å². The Morgan fingerprint density at radius 2 is 1.93 bits per heavy atom. The Hall–Kier alpha value is -0.570. The molecule has 1 saturated carbocycles. The van der Waals surface area contributed by atoms with Crippen molar-refractivity contribution >= 4 is 5.91 Å². The summed E-state index contributed by atoms with van der Waals surface area (Å²) in [6.45, 7) is 6.11. The molecule has 0 aromatic heterocycles. The first-order valence-corrected chi connectivity index (χ1v) is 6.01. The molecule has 1 fully saturated rings. The predicted octanol–water partition coefficient (Wildman–Crippen LogP) is 1.76. The zero-order valence-electron chi connectivity index (χ0n) is 10.4. The molecule has 15 heavy (non-hydrogen) atoms. The van der Waals surface area contributed by atoms with E-state index in [1.807, 2.05) is 18.9 Å². The molecule has 0 bridgehead atoms. The molecule has 3 nitrogen and oxygen atoms in total. The summed E-state index contributed by atoms with van der Waals surface area (Å²) in [7, 11) is 1.88. The van der Waals surface area contributed by atoms with Gasteiger partial charge in [0.05, 0.1) is 5.54 Å². The number of hydrogen-bond acceptors (Lipinski definition) is 2. The summed E-state index contributed by atoms with van der Waals surface area (Å²) in [5.74, 6) is 0.514. The molecule has 1 aliphatic carbocycles. The molecular weight excluding hydrogens is 188 g/mol. The van der Waals surface area contributed by atoms with E-state index in [9.17, 15) is 4.79 Å². The summed E-state index contributed by atoms with van der Waals surface area (Å²) in [4.78, 5) is 14.1. The molecule has 0 aromatic rings. The topological polar surface area (TPSA) is 46.3 Å². The van der Waals surface area contributed by atoms with Crippen molar-refractivity contribution in [2.24, 2.45) is 11.7 Å². The SMILES string of the molecule is CCC(CC)N(C)C(=O)C(C)(N)C1CC1. The lowest BCUT2D eigenvalue weighted by molar-refractivity contribution is -0.138. The number of likely N-dealkylation sites (N-methyl/N-ethyl adjacent to an activating group) is 1. The molecule has 0 aliphatic heterocycles. The maximum atomic E-state index is 12.2. The Kier molecular flexibility index (Phi) is 3.77. The highest BCUT2D eigenvalue weighted by Crippen LogP contribution is 2.39. The zero-order chi connectivity index (χ0) is 11.6. The summed E-state index contributed by atoms with van der Waals surface area (Å²) in [6.07, 6.45) is 4.21. The van der Waals surface area contributed by atoms with E-state index in [4.69, 9.17) is 5.73 Å². The van der Waals surface area contributed by atoms with E-state index >= 15 is 0 Å². The van der Waals surface area contributed by atoms with E-state index in [-0.39, 0.29) is 5.91 Å². The number of hydrogen-bond donors (Lipinski definition) is 1. The second-order valence-electron chi connectivity index (χ2n) is 4.94. The second kappa shape index (κ2) is 4.52. The van der Waals surface area contributed by atoms with Gasteiger partial charge in [-0.15, -0.1) is 0 Å². The van der Waals surface area contributed by atoms with E-state index in [2.05, 4.69) is 13.8 Å². The van der Waals surface area contributed by atoms with Crippen LogP contribution >= 0.6 is 0 Å². The average molecular weight is 212 g/mol. The number of nitrogens with zero attached hydrogens (tertiary/aromatic N) is 1. The van der Waals surface area contributed by atoms with Crippen molar-refractivity contribution in [3.63, 3.8) is 0 Å². The first kappa shape index (κ1) is 12.5. The minimum atomic E-state index is -0.642. The van der Waals surface area contributed by atoms with Crippen LogP contribution in [0.2, 0.25) is 0 Å². The summed E-state index contributed by atoms with van der Waals surface area (Å²) >= 11 is 0. The zero-order valence-corrected chi connectivity index (χ0v) is 10.4. The Labute approximate surface area is 93.0 Å². The van der Waals surface area contributed by atoms with E-state index in [1.165, 1.54) is 0 Å². The smallest absolute Gasteiger partial charge is 0.242 e. The van der Waals surface area contributed by atoms with Crippen LogP contribution in [0, 0.1) is 5.92 Å². The van der Waals surface area contributed by atoms with Crippen LogP contribution in [0.5, 0.6) is 0 Å². The number of carbonyl (C=O) groups excluding carboxylic acids is 1. The maximum Gasteiger partial charge on any atom is 0.242 e. The third-order valence-corrected chi connectivity index (χ3v) is 3.70. The van der Waals surface area contributed by atoms with Crippen LogP contribution in [0.25, 0.3) is 0 Å². The number of carbonyl (C=O) groups is 1. The van der Waals surface area contributed by atoms with Gasteiger partial charge in [-0.2, -0.15) is 0 Å². The van der Waals surface area contributed by atoms with Crippen LogP contribution in [0.15, 0.2) is 0 Å². The molecule has 1 atom stereocenters. The second-order valence-corrected chi connectivity index (χ2v) is 4.94. The van der Waals surface area contributed by atoms with Gasteiger partial charge in [0.15, 0.2) is 0 Å². The van der Waals surface area contributed by atoms with E-state index in [0.29, 0.717) is 12.0 Å². The molecule has 1 aliphatic rings. The van der Waals surface area contributed by atoms with Crippen molar-refractivity contribution in [2.75, 3.05) is 7.05 Å². The van der Waals surface area contributed by atoms with Crippen molar-refractivity contribution in [2.45, 2.75) is 58.0 Å². The summed E-state index contributed by atoms with van der Waals surface area (Å²) in [5.41, 5.74) is 5.48. The predicted molar refractivity (Wildman–Crippen MR) is 62.5 cm³/mol. The van der Waals surface area contributed by atoms with Crippen LogP contribution < -0.4 is 5.73 Å². The molecule has 1 amide bonds. The lowest BCUT2D eigenvalue weighted by Gasteiger charge is -2.34. The van der Waals surface area contributed by atoms with E-state index in [0.717, 1.165) is 25.7 Å². The monoisotopic (exact) mass is 212 g/mol. The first-order chi connectivity index (χ1) is 6.95. The molecule has 1 rings (SSSR count). The van der Waals surface area contributed by atoms with Crippen LogP contribution in [0.3, 0.4) is 0 Å². The molecule has 0 saturated heterocycles. The van der Waals surface area contributed by atoms with Gasteiger partial charge >= 0.3 is 0 Å². The summed E-state index contributed by atoms with van der Waals surface area (Å²) in [5, 5.41) is 0. The highest BCUT2D eigenvalue weighted by molar-refractivity contribution is 5.86. The molecule has 0 heterocycles. The number of amides is 1. The van der Waals surface area contributed by atoms with E-state index < -0.39 is 5.54 Å². The Morgan fingerprint density at radius 1 is 1.47 bits per heavy atom. The quantitative estimate of drug-likeness (QED) is 0.755. The fourth-order valence-electron chi connectivity index (χ4n) is 2.24. The van der Waals surface area contributed by atoms with Gasteiger partial charge in [0, 0.05) is 13.1 Å². The van der Waals surface area contributed by atoms with Gasteiger partial charge in [0.25, 0.3) is 0 Å². The van der Waals surface area contributed by atoms with Crippen molar-refractivity contribution in [3.8, 4) is 0 Å². The molecular formula is C12H24N2O. The normalized spacial score (nSPS) is 20.1. The largest absolute Gasteiger partial charge is 0.341 e. The highest BCUT2D eigenvalue weighted by atomic mass is 16.2. The molecule has 0 aromatic carbocycles. The maximum absolute atomic E-state index is 12.2. The number of nitrogens with two attached hydrogens (primary N) is 1. The van der Waals surface area contributed by atoms with Gasteiger partial charge in [0.2, 0.25) is 5.91 Å². The fraction of sp³-hybridized carbons (Fsp3) is 0.917. The molecule has 2 N–H and O–H groups in total. The van der Waals surface area contributed by atoms with Crippen molar-refractivity contribution in [1.29, 1.82) is 0 Å². The average Bonchev–Trinajstić information content (AvgIpc) is 3.01. The molecule has 0 spiro atoms. The third-order valence-electron chi connectivity index (χ3n) is 3.70. The standard InChI is InChI=1S/C12H24N2O/c1-5-10(6-2)14(4)11(15)12(3,13)9-7-8-9/h9-10H,5-8,13H2,1-4H3. The lowest BCUT2D eigenvalue weighted by atomic mass is 9.94. The first-order valence-electron chi connectivity index (χ1n) is 6.01. The molecule has 1 unspecified atom stereocenters. The number of rotatable bonds is 5. The Morgan fingerprint density at radius 3 is 2.27 bits per heavy atom. The van der Waals surface area contributed by atoms with Gasteiger partial charge in [-0.1, -0.05) is 13.8 Å². The van der Waals surface area contributed by atoms with Gasteiger partial charge in [-0.05, 0) is 38.5 Å². The minimum absolute atomic E-state index is 0.110. The Balaban J connectivity index is 2.65. The van der Waals surface area contributed by atoms with Crippen LogP contribution in [-0.4, -0.2) is 29.4 Å². The van der Waals surface area contributed by atoms with Crippen molar-refractivity contribution < 1.29 is 4.79 Å². The van der Waals surface area contributed by atoms with Crippen molar-refractivity contribution in [3.05, 3.63) is 0 Å².